The van der Waals surface area contributed by atoms with Crippen LogP contribution in [0.2, 0.25) is 0 Å². The predicted octanol–water partition coefficient (Wildman–Crippen LogP) is 1.99. The highest BCUT2D eigenvalue weighted by molar-refractivity contribution is 4.99. The van der Waals surface area contributed by atoms with Crippen LogP contribution in [0.1, 0.15) is 46.3 Å². The lowest BCUT2D eigenvalue weighted by Crippen LogP contribution is -2.35. The number of aromatic amines is 1. The first-order valence-electron chi connectivity index (χ1n) is 7.08. The molecule has 112 valence electrons. The van der Waals surface area contributed by atoms with Crippen molar-refractivity contribution < 1.29 is 9.13 Å². The van der Waals surface area contributed by atoms with Gasteiger partial charge in [-0.15, -0.1) is 0 Å². The number of ether oxygens (including phenoxy) is 1. The van der Waals surface area contributed by atoms with Crippen molar-refractivity contribution in [2.24, 2.45) is 5.92 Å². The molecule has 1 N–H and O–H groups in total. The van der Waals surface area contributed by atoms with Crippen molar-refractivity contribution in [3.8, 4) is 0 Å². The van der Waals surface area contributed by atoms with Crippen LogP contribution in [0, 0.1) is 5.92 Å². The van der Waals surface area contributed by atoms with Gasteiger partial charge in [0.05, 0.1) is 5.60 Å². The second kappa shape index (κ2) is 5.52. The van der Waals surface area contributed by atoms with Crippen molar-refractivity contribution in [3.63, 3.8) is 0 Å². The number of halogens is 1. The maximum Gasteiger partial charge on any atom is 0.330 e. The van der Waals surface area contributed by atoms with E-state index in [1.165, 1.54) is 12.3 Å². The Labute approximate surface area is 116 Å². The zero-order valence-corrected chi connectivity index (χ0v) is 12.1. The summed E-state index contributed by atoms with van der Waals surface area (Å²) in [5.74, 6) is -0.295. The molecule has 0 radical (unpaired) electrons. The SMILES string of the molecule is CCC[C@]1(CC)O[C@@H](n2ccc(=O)[nH]c2=O)[C@H](F)[C@@H]1C. The van der Waals surface area contributed by atoms with E-state index in [-0.39, 0.29) is 5.92 Å². The highest BCUT2D eigenvalue weighted by Crippen LogP contribution is 2.47. The van der Waals surface area contributed by atoms with Gasteiger partial charge < -0.3 is 4.74 Å². The lowest BCUT2D eigenvalue weighted by Gasteiger charge is -2.31. The molecule has 2 heterocycles. The van der Waals surface area contributed by atoms with Crippen LogP contribution < -0.4 is 11.2 Å². The first kappa shape index (κ1) is 15.0. The van der Waals surface area contributed by atoms with Gasteiger partial charge in [-0.2, -0.15) is 0 Å². The minimum Gasteiger partial charge on any atom is -0.348 e. The number of alkyl halides is 1. The van der Waals surface area contributed by atoms with Gasteiger partial charge in [-0.3, -0.25) is 14.3 Å². The van der Waals surface area contributed by atoms with Crippen molar-refractivity contribution in [3.05, 3.63) is 33.1 Å². The van der Waals surface area contributed by atoms with Gasteiger partial charge in [-0.1, -0.05) is 27.2 Å². The third-order valence-electron chi connectivity index (χ3n) is 4.33. The van der Waals surface area contributed by atoms with Crippen LogP contribution in [0.4, 0.5) is 4.39 Å². The standard InChI is InChI=1S/C14H21FN2O3/c1-4-7-14(5-2)9(3)11(15)12(20-14)17-8-6-10(18)16-13(17)19/h6,8-9,11-12H,4-5,7H2,1-3H3,(H,16,18,19)/t9-,11+,12+,14-/m0/s1. The van der Waals surface area contributed by atoms with Crippen molar-refractivity contribution in [1.82, 2.24) is 9.55 Å². The summed E-state index contributed by atoms with van der Waals surface area (Å²) in [5.41, 5.74) is -1.68. The van der Waals surface area contributed by atoms with Crippen LogP contribution in [0.25, 0.3) is 0 Å². The molecule has 5 nitrogen and oxygen atoms in total. The minimum atomic E-state index is -1.27. The number of hydrogen-bond donors (Lipinski definition) is 1. The van der Waals surface area contributed by atoms with Gasteiger partial charge in [-0.25, -0.2) is 9.18 Å². The summed E-state index contributed by atoms with van der Waals surface area (Å²) < 4.78 is 21.6. The summed E-state index contributed by atoms with van der Waals surface area (Å²) >= 11 is 0. The molecule has 1 aliphatic heterocycles. The van der Waals surface area contributed by atoms with Crippen LogP contribution in [0.5, 0.6) is 0 Å². The normalized spacial score (nSPS) is 33.5. The Balaban J connectivity index is 2.39. The van der Waals surface area contributed by atoms with Crippen molar-refractivity contribution >= 4 is 0 Å². The van der Waals surface area contributed by atoms with Gasteiger partial charge >= 0.3 is 5.69 Å². The van der Waals surface area contributed by atoms with Crippen molar-refractivity contribution in [2.75, 3.05) is 0 Å². The molecule has 2 rings (SSSR count). The zero-order chi connectivity index (χ0) is 14.9. The van der Waals surface area contributed by atoms with E-state index in [0.717, 1.165) is 17.4 Å². The molecule has 0 amide bonds. The van der Waals surface area contributed by atoms with Crippen LogP contribution in [0.15, 0.2) is 21.9 Å². The Bertz CT molecular complexity index is 582. The van der Waals surface area contributed by atoms with Crippen molar-refractivity contribution in [1.29, 1.82) is 0 Å². The Morgan fingerprint density at radius 1 is 1.45 bits per heavy atom. The maximum atomic E-state index is 14.6. The van der Waals surface area contributed by atoms with Crippen LogP contribution in [0.3, 0.4) is 0 Å². The van der Waals surface area contributed by atoms with Gasteiger partial charge in [0.25, 0.3) is 5.56 Å². The van der Waals surface area contributed by atoms with Crippen LogP contribution in [-0.4, -0.2) is 21.3 Å². The Morgan fingerprint density at radius 3 is 2.70 bits per heavy atom. The molecular weight excluding hydrogens is 263 g/mol. The topological polar surface area (TPSA) is 64.1 Å². The highest BCUT2D eigenvalue weighted by Gasteiger charge is 2.52. The largest absolute Gasteiger partial charge is 0.348 e. The number of nitrogens with one attached hydrogen (secondary N) is 1. The summed E-state index contributed by atoms with van der Waals surface area (Å²) in [6.45, 7) is 5.82. The second-order valence-corrected chi connectivity index (χ2v) is 5.43. The maximum absolute atomic E-state index is 14.6. The molecular formula is C14H21FN2O3. The van der Waals surface area contributed by atoms with Crippen LogP contribution in [-0.2, 0) is 4.74 Å². The number of nitrogens with zero attached hydrogens (tertiary/aromatic N) is 1. The van der Waals surface area contributed by atoms with Gasteiger partial charge in [0.15, 0.2) is 12.4 Å². The summed E-state index contributed by atoms with van der Waals surface area (Å²) in [6, 6.07) is 1.20. The summed E-state index contributed by atoms with van der Waals surface area (Å²) in [4.78, 5) is 25.0. The van der Waals surface area contributed by atoms with E-state index < -0.39 is 29.2 Å². The zero-order valence-electron chi connectivity index (χ0n) is 12.1. The molecule has 1 aliphatic rings. The van der Waals surface area contributed by atoms with Gasteiger partial charge in [0.1, 0.15) is 0 Å². The Morgan fingerprint density at radius 2 is 2.15 bits per heavy atom. The Hall–Kier alpha value is -1.43. The molecule has 1 saturated heterocycles. The van der Waals surface area contributed by atoms with E-state index in [0.29, 0.717) is 6.42 Å². The first-order valence-corrected chi connectivity index (χ1v) is 7.08. The van der Waals surface area contributed by atoms with E-state index in [4.69, 9.17) is 4.74 Å². The number of rotatable bonds is 4. The van der Waals surface area contributed by atoms with Gasteiger partial charge in [0.2, 0.25) is 0 Å². The molecule has 0 spiro atoms. The van der Waals surface area contributed by atoms with E-state index in [9.17, 15) is 14.0 Å². The number of aromatic nitrogens is 2. The molecule has 0 aromatic carbocycles. The van der Waals surface area contributed by atoms with Crippen molar-refractivity contribution in [2.45, 2.75) is 58.0 Å². The lowest BCUT2D eigenvalue weighted by molar-refractivity contribution is -0.0963. The fraction of sp³-hybridized carbons (Fsp3) is 0.714. The molecule has 20 heavy (non-hydrogen) atoms. The molecule has 0 aliphatic carbocycles. The summed E-state index contributed by atoms with van der Waals surface area (Å²) in [6.07, 6.45) is 1.38. The molecule has 1 aromatic heterocycles. The third-order valence-corrected chi connectivity index (χ3v) is 4.33. The molecule has 0 bridgehead atoms. The minimum absolute atomic E-state index is 0.295. The average Bonchev–Trinajstić information content (AvgIpc) is 2.65. The molecule has 1 fully saturated rings. The fourth-order valence-corrected chi connectivity index (χ4v) is 3.08. The summed E-state index contributed by atoms with van der Waals surface area (Å²) in [7, 11) is 0. The van der Waals surface area contributed by atoms with E-state index in [1.807, 2.05) is 20.8 Å². The highest BCUT2D eigenvalue weighted by atomic mass is 19.1. The molecule has 0 unspecified atom stereocenters. The smallest absolute Gasteiger partial charge is 0.330 e. The molecule has 1 aromatic rings. The third kappa shape index (κ3) is 2.32. The number of H-pyrrole nitrogens is 1. The van der Waals surface area contributed by atoms with E-state index in [2.05, 4.69) is 4.98 Å². The molecule has 6 heteroatoms. The average molecular weight is 284 g/mol. The van der Waals surface area contributed by atoms with Gasteiger partial charge in [0, 0.05) is 18.2 Å². The lowest BCUT2D eigenvalue weighted by atomic mass is 9.82. The summed E-state index contributed by atoms with van der Waals surface area (Å²) in [5, 5.41) is 0. The van der Waals surface area contributed by atoms with E-state index in [1.54, 1.807) is 0 Å². The second-order valence-electron chi connectivity index (χ2n) is 5.43. The van der Waals surface area contributed by atoms with E-state index >= 15 is 0 Å². The quantitative estimate of drug-likeness (QED) is 0.919. The predicted molar refractivity (Wildman–Crippen MR) is 73.4 cm³/mol. The van der Waals surface area contributed by atoms with Crippen LogP contribution >= 0.6 is 0 Å². The Kier molecular flexibility index (Phi) is 4.13. The number of hydrogen-bond acceptors (Lipinski definition) is 3. The first-order chi connectivity index (χ1) is 9.45. The van der Waals surface area contributed by atoms with Gasteiger partial charge in [-0.05, 0) is 12.8 Å². The molecule has 0 saturated carbocycles. The fourth-order valence-electron chi connectivity index (χ4n) is 3.08. The monoisotopic (exact) mass is 284 g/mol. The molecule has 4 atom stereocenters.